The van der Waals surface area contributed by atoms with Crippen molar-refractivity contribution >= 4 is 65.5 Å². The molecule has 0 aliphatic heterocycles. The van der Waals surface area contributed by atoms with Crippen molar-refractivity contribution in [1.82, 2.24) is 4.98 Å². The average molecular weight is 489 g/mol. The molecule has 0 fully saturated rings. The molecule has 0 atom stereocenters. The zero-order chi connectivity index (χ0) is 22.0. The summed E-state index contributed by atoms with van der Waals surface area (Å²) < 4.78 is 25.0. The van der Waals surface area contributed by atoms with Crippen molar-refractivity contribution in [2.45, 2.75) is 16.2 Å². The molecular formula is C22H20N2O3S4. The Morgan fingerprint density at radius 2 is 1.97 bits per heavy atom. The highest BCUT2D eigenvalue weighted by atomic mass is 32.2. The zero-order valence-corrected chi connectivity index (χ0v) is 20.2. The Morgan fingerprint density at radius 3 is 2.68 bits per heavy atom. The molecule has 0 saturated heterocycles. The minimum absolute atomic E-state index is 0.130. The summed E-state index contributed by atoms with van der Waals surface area (Å²) in [4.78, 5) is 22.3. The molecule has 0 unspecified atom stereocenters. The van der Waals surface area contributed by atoms with Crippen LogP contribution in [0, 0.1) is 0 Å². The highest BCUT2D eigenvalue weighted by molar-refractivity contribution is 7.98. The molecule has 0 spiro atoms. The van der Waals surface area contributed by atoms with Gasteiger partial charge in [0.2, 0.25) is 0 Å². The van der Waals surface area contributed by atoms with Crippen LogP contribution in [0.5, 0.6) is 0 Å². The second-order valence-electron chi connectivity index (χ2n) is 6.92. The lowest BCUT2D eigenvalue weighted by atomic mass is 10.2. The molecule has 9 heteroatoms. The number of nitrogens with zero attached hydrogens (tertiary/aromatic N) is 2. The van der Waals surface area contributed by atoms with Crippen LogP contribution in [0.1, 0.15) is 15.2 Å². The summed E-state index contributed by atoms with van der Waals surface area (Å²) in [5.41, 5.74) is 1.18. The van der Waals surface area contributed by atoms with Crippen LogP contribution in [0.3, 0.4) is 0 Å². The van der Waals surface area contributed by atoms with Gasteiger partial charge >= 0.3 is 0 Å². The summed E-state index contributed by atoms with van der Waals surface area (Å²) in [6, 6.07) is 16.3. The van der Waals surface area contributed by atoms with Crippen molar-refractivity contribution in [2.24, 2.45) is 0 Å². The first-order valence-electron chi connectivity index (χ1n) is 9.44. The third-order valence-corrected chi connectivity index (χ3v) is 8.54. The minimum Gasteiger partial charge on any atom is -0.284 e. The molecule has 0 N–H and O–H groups in total. The van der Waals surface area contributed by atoms with Gasteiger partial charge < -0.3 is 0 Å². The van der Waals surface area contributed by atoms with E-state index < -0.39 is 9.84 Å². The van der Waals surface area contributed by atoms with Crippen LogP contribution in [0.4, 0.5) is 5.13 Å². The molecule has 1 amide bonds. The highest BCUT2D eigenvalue weighted by Gasteiger charge is 2.23. The smallest absolute Gasteiger partial charge is 0.260 e. The molecule has 0 aliphatic carbocycles. The number of rotatable bonds is 7. The van der Waals surface area contributed by atoms with Gasteiger partial charge in [0.25, 0.3) is 5.91 Å². The fraction of sp³-hybridized carbons (Fsp3) is 0.182. The molecule has 0 bridgehead atoms. The Balaban J connectivity index is 1.73. The average Bonchev–Trinajstić information content (AvgIpc) is 3.42. The maximum atomic E-state index is 13.5. The van der Waals surface area contributed by atoms with Gasteiger partial charge in [-0.2, -0.15) is 0 Å². The summed E-state index contributed by atoms with van der Waals surface area (Å²) in [5, 5.41) is 2.62. The van der Waals surface area contributed by atoms with E-state index in [1.165, 1.54) is 28.3 Å². The molecular weight excluding hydrogens is 469 g/mol. The van der Waals surface area contributed by atoms with Crippen LogP contribution >= 0.6 is 34.4 Å². The van der Waals surface area contributed by atoms with E-state index in [1.54, 1.807) is 40.1 Å². The third-order valence-electron chi connectivity index (χ3n) is 4.73. The molecule has 2 aromatic heterocycles. The molecule has 160 valence electrons. The number of hydrogen-bond donors (Lipinski definition) is 0. The standard InChI is InChI=1S/C22H20N2O3S4/c1-28-17-8-9-19-20(14-17)30-22(23-19)24(11-10-16-6-4-12-29-16)21(25)15-5-3-7-18(13-15)31(2,26)27/h3-9,12-14H,10-11H2,1-2H3. The van der Waals surface area contributed by atoms with E-state index in [1.807, 2.05) is 35.9 Å². The lowest BCUT2D eigenvalue weighted by Crippen LogP contribution is -2.32. The number of sulfone groups is 1. The number of amides is 1. The summed E-state index contributed by atoms with van der Waals surface area (Å²) >= 11 is 4.78. The molecule has 0 aliphatic rings. The molecule has 0 radical (unpaired) electrons. The van der Waals surface area contributed by atoms with Gasteiger partial charge in [-0.25, -0.2) is 13.4 Å². The second-order valence-corrected chi connectivity index (χ2v) is 11.9. The zero-order valence-electron chi connectivity index (χ0n) is 16.9. The summed E-state index contributed by atoms with van der Waals surface area (Å²) in [6.45, 7) is 0.456. The van der Waals surface area contributed by atoms with Gasteiger partial charge in [0, 0.05) is 28.1 Å². The first-order chi connectivity index (χ1) is 14.8. The van der Waals surface area contributed by atoms with Gasteiger partial charge in [0.05, 0.1) is 15.1 Å². The number of benzene rings is 2. The van der Waals surface area contributed by atoms with Crippen molar-refractivity contribution in [1.29, 1.82) is 0 Å². The molecule has 31 heavy (non-hydrogen) atoms. The van der Waals surface area contributed by atoms with Gasteiger partial charge in [0.1, 0.15) is 0 Å². The molecule has 0 saturated carbocycles. The Hall–Kier alpha value is -2.20. The van der Waals surface area contributed by atoms with Gasteiger partial charge in [0.15, 0.2) is 15.0 Å². The van der Waals surface area contributed by atoms with Crippen molar-refractivity contribution in [3.05, 3.63) is 70.4 Å². The number of hydrogen-bond acceptors (Lipinski definition) is 7. The Morgan fingerprint density at radius 1 is 1.13 bits per heavy atom. The van der Waals surface area contributed by atoms with E-state index in [4.69, 9.17) is 4.98 Å². The normalized spacial score (nSPS) is 11.7. The molecule has 2 aromatic carbocycles. The minimum atomic E-state index is -3.41. The van der Waals surface area contributed by atoms with Crippen molar-refractivity contribution in [3.8, 4) is 0 Å². The molecule has 2 heterocycles. The lowest BCUT2D eigenvalue weighted by Gasteiger charge is -2.20. The highest BCUT2D eigenvalue weighted by Crippen LogP contribution is 2.32. The number of anilines is 1. The number of thioether (sulfide) groups is 1. The molecule has 4 aromatic rings. The molecule has 4 rings (SSSR count). The van der Waals surface area contributed by atoms with Crippen molar-refractivity contribution in [3.63, 3.8) is 0 Å². The third kappa shape index (κ3) is 5.01. The van der Waals surface area contributed by atoms with Crippen LogP contribution in [0.25, 0.3) is 10.2 Å². The van der Waals surface area contributed by atoms with Gasteiger partial charge in [-0.1, -0.05) is 23.5 Å². The number of thiophene rings is 1. The monoisotopic (exact) mass is 488 g/mol. The van der Waals surface area contributed by atoms with E-state index in [9.17, 15) is 13.2 Å². The number of carbonyl (C=O) groups excluding carboxylic acids is 1. The largest absolute Gasteiger partial charge is 0.284 e. The Labute approximate surface area is 193 Å². The number of carbonyl (C=O) groups is 1. The summed E-state index contributed by atoms with van der Waals surface area (Å²) in [6.07, 6.45) is 3.86. The van der Waals surface area contributed by atoms with E-state index in [0.717, 1.165) is 21.4 Å². The fourth-order valence-electron chi connectivity index (χ4n) is 3.11. The van der Waals surface area contributed by atoms with Crippen LogP contribution in [0.2, 0.25) is 0 Å². The predicted octanol–water partition coefficient (Wildman–Crippen LogP) is 5.37. The summed E-state index contributed by atoms with van der Waals surface area (Å²) in [7, 11) is -3.41. The van der Waals surface area contributed by atoms with Crippen LogP contribution in [-0.2, 0) is 16.3 Å². The predicted molar refractivity (Wildman–Crippen MR) is 131 cm³/mol. The number of aromatic nitrogens is 1. The Kier molecular flexibility index (Phi) is 6.47. The number of thiazole rings is 1. The lowest BCUT2D eigenvalue weighted by molar-refractivity contribution is 0.0987. The first kappa shape index (κ1) is 22.0. The topological polar surface area (TPSA) is 67.3 Å². The molecule has 5 nitrogen and oxygen atoms in total. The van der Waals surface area contributed by atoms with E-state index in [-0.39, 0.29) is 10.8 Å². The van der Waals surface area contributed by atoms with Gasteiger partial charge in [-0.3, -0.25) is 9.69 Å². The fourth-order valence-corrected chi connectivity index (χ4v) is 6.02. The van der Waals surface area contributed by atoms with Gasteiger partial charge in [-0.15, -0.1) is 23.1 Å². The Bertz CT molecular complexity index is 1330. The van der Waals surface area contributed by atoms with Crippen molar-refractivity contribution < 1.29 is 13.2 Å². The summed E-state index contributed by atoms with van der Waals surface area (Å²) in [5.74, 6) is -0.258. The van der Waals surface area contributed by atoms with Crippen LogP contribution in [0.15, 0.2) is 69.8 Å². The second kappa shape index (κ2) is 9.12. The van der Waals surface area contributed by atoms with E-state index in [0.29, 0.717) is 23.7 Å². The quantitative estimate of drug-likeness (QED) is 0.327. The number of fused-ring (bicyclic) bond motifs is 1. The maximum absolute atomic E-state index is 13.5. The van der Waals surface area contributed by atoms with Gasteiger partial charge in [-0.05, 0) is 60.5 Å². The van der Waals surface area contributed by atoms with Crippen LogP contribution in [-0.4, -0.2) is 38.4 Å². The first-order valence-corrected chi connectivity index (χ1v) is 14.3. The van der Waals surface area contributed by atoms with E-state index >= 15 is 0 Å². The van der Waals surface area contributed by atoms with E-state index in [2.05, 4.69) is 6.07 Å². The maximum Gasteiger partial charge on any atom is 0.260 e. The SMILES string of the molecule is CSc1ccc2nc(N(CCc3cccs3)C(=O)c3cccc(S(C)(=O)=O)c3)sc2c1. The van der Waals surface area contributed by atoms with Crippen LogP contribution < -0.4 is 4.90 Å². The van der Waals surface area contributed by atoms with Crippen molar-refractivity contribution in [2.75, 3.05) is 24.0 Å².